The quantitative estimate of drug-likeness (QED) is 0.805. The van der Waals surface area contributed by atoms with Crippen molar-refractivity contribution < 1.29 is 4.74 Å². The Kier molecular flexibility index (Phi) is 5.86. The van der Waals surface area contributed by atoms with Gasteiger partial charge in [-0.25, -0.2) is 0 Å². The molecule has 0 aromatic heterocycles. The van der Waals surface area contributed by atoms with Crippen molar-refractivity contribution in [2.75, 3.05) is 19.4 Å². The van der Waals surface area contributed by atoms with Crippen molar-refractivity contribution in [3.05, 3.63) is 29.8 Å². The minimum Gasteiger partial charge on any atom is -0.494 e. The van der Waals surface area contributed by atoms with Gasteiger partial charge in [0.25, 0.3) is 0 Å². The molecule has 0 radical (unpaired) electrons. The van der Waals surface area contributed by atoms with Gasteiger partial charge in [-0.15, -0.1) is 0 Å². The molecule has 96 valence electrons. The van der Waals surface area contributed by atoms with Gasteiger partial charge in [0.2, 0.25) is 0 Å². The fourth-order valence-electron chi connectivity index (χ4n) is 1.52. The predicted octanol–water partition coefficient (Wildman–Crippen LogP) is 3.32. The normalized spacial score (nSPS) is 11.5. The molecule has 0 saturated carbocycles. The highest BCUT2D eigenvalue weighted by molar-refractivity contribution is 7.99. The molecule has 3 heteroatoms. The van der Waals surface area contributed by atoms with Crippen molar-refractivity contribution in [3.8, 4) is 5.75 Å². The Hall–Kier alpha value is -0.670. The molecule has 1 rings (SSSR count). The third-order valence-electron chi connectivity index (χ3n) is 2.69. The largest absolute Gasteiger partial charge is 0.494 e. The molecule has 0 aliphatic carbocycles. The third kappa shape index (κ3) is 5.00. The lowest BCUT2D eigenvalue weighted by Crippen LogP contribution is -2.31. The maximum atomic E-state index is 5.60. The number of ether oxygens (including phenoxy) is 1. The zero-order chi connectivity index (χ0) is 12.7. The maximum absolute atomic E-state index is 5.60. The van der Waals surface area contributed by atoms with E-state index in [0.717, 1.165) is 18.8 Å². The zero-order valence-electron chi connectivity index (χ0n) is 11.2. The lowest BCUT2D eigenvalue weighted by molar-refractivity contribution is 0.335. The van der Waals surface area contributed by atoms with Crippen LogP contribution in [0.5, 0.6) is 5.75 Å². The number of benzene rings is 1. The fraction of sp³-hybridized carbons (Fsp3) is 0.571. The number of para-hydroxylation sites is 1. The van der Waals surface area contributed by atoms with Crippen LogP contribution in [0.15, 0.2) is 24.3 Å². The highest BCUT2D eigenvalue weighted by atomic mass is 32.2. The molecule has 1 N–H and O–H groups in total. The van der Waals surface area contributed by atoms with Crippen LogP contribution in [-0.2, 0) is 6.54 Å². The van der Waals surface area contributed by atoms with Crippen molar-refractivity contribution in [1.82, 2.24) is 5.32 Å². The van der Waals surface area contributed by atoms with E-state index < -0.39 is 0 Å². The second kappa shape index (κ2) is 6.92. The topological polar surface area (TPSA) is 21.3 Å². The molecular weight excluding hydrogens is 230 g/mol. The maximum Gasteiger partial charge on any atom is 0.123 e. The van der Waals surface area contributed by atoms with Crippen molar-refractivity contribution in [3.63, 3.8) is 0 Å². The van der Waals surface area contributed by atoms with E-state index in [1.165, 1.54) is 5.56 Å². The van der Waals surface area contributed by atoms with E-state index in [1.54, 1.807) is 0 Å². The van der Waals surface area contributed by atoms with Crippen LogP contribution in [0.4, 0.5) is 0 Å². The molecule has 0 aliphatic heterocycles. The van der Waals surface area contributed by atoms with Gasteiger partial charge in [-0.05, 0) is 33.1 Å². The molecule has 0 saturated heterocycles. The van der Waals surface area contributed by atoms with Gasteiger partial charge in [-0.1, -0.05) is 18.2 Å². The Balaban J connectivity index is 2.51. The molecule has 1 aromatic carbocycles. The van der Waals surface area contributed by atoms with Crippen molar-refractivity contribution in [2.24, 2.45) is 0 Å². The first-order valence-electron chi connectivity index (χ1n) is 6.05. The first-order valence-corrected chi connectivity index (χ1v) is 7.28. The van der Waals surface area contributed by atoms with E-state index in [-0.39, 0.29) is 4.75 Å². The molecule has 0 fully saturated rings. The predicted molar refractivity (Wildman–Crippen MR) is 76.9 cm³/mol. The number of hydrogen-bond acceptors (Lipinski definition) is 3. The number of hydrogen-bond donors (Lipinski definition) is 1. The molecule has 17 heavy (non-hydrogen) atoms. The van der Waals surface area contributed by atoms with E-state index in [2.05, 4.69) is 37.6 Å². The Bertz CT molecular complexity index is 339. The molecule has 1 aromatic rings. The van der Waals surface area contributed by atoms with E-state index in [4.69, 9.17) is 4.74 Å². The van der Waals surface area contributed by atoms with Gasteiger partial charge >= 0.3 is 0 Å². The molecule has 0 amide bonds. The first-order chi connectivity index (χ1) is 8.09. The third-order valence-corrected chi connectivity index (χ3v) is 3.94. The molecule has 2 nitrogen and oxygen atoms in total. The van der Waals surface area contributed by atoms with Crippen LogP contribution in [0, 0.1) is 0 Å². The molecule has 0 unspecified atom stereocenters. The molecule has 0 atom stereocenters. The highest BCUT2D eigenvalue weighted by Crippen LogP contribution is 2.21. The standard InChI is InChI=1S/C14H23NOS/c1-5-16-13-9-7-6-8-12(13)10-15-11-14(2,3)17-4/h6-9,15H,5,10-11H2,1-4H3. The van der Waals surface area contributed by atoms with Crippen LogP contribution in [0.2, 0.25) is 0 Å². The Morgan fingerprint density at radius 1 is 1.29 bits per heavy atom. The molecule has 0 spiro atoms. The SMILES string of the molecule is CCOc1ccccc1CNCC(C)(C)SC. The second-order valence-corrected chi connectivity index (χ2v) is 6.12. The first kappa shape index (κ1) is 14.4. The summed E-state index contributed by atoms with van der Waals surface area (Å²) in [6.07, 6.45) is 2.15. The van der Waals surface area contributed by atoms with E-state index in [0.29, 0.717) is 6.61 Å². The van der Waals surface area contributed by atoms with Crippen LogP contribution in [-0.4, -0.2) is 24.2 Å². The van der Waals surface area contributed by atoms with Crippen molar-refractivity contribution in [2.45, 2.75) is 32.1 Å². The van der Waals surface area contributed by atoms with Gasteiger partial charge in [0.15, 0.2) is 0 Å². The van der Waals surface area contributed by atoms with Gasteiger partial charge in [-0.2, -0.15) is 11.8 Å². The minimum absolute atomic E-state index is 0.278. The number of rotatable bonds is 7. The zero-order valence-corrected chi connectivity index (χ0v) is 12.1. The van der Waals surface area contributed by atoms with E-state index >= 15 is 0 Å². The van der Waals surface area contributed by atoms with Gasteiger partial charge in [0.1, 0.15) is 5.75 Å². The van der Waals surface area contributed by atoms with Crippen LogP contribution in [0.3, 0.4) is 0 Å². The summed E-state index contributed by atoms with van der Waals surface area (Å²) in [6, 6.07) is 8.21. The Morgan fingerprint density at radius 2 is 2.00 bits per heavy atom. The number of thioether (sulfide) groups is 1. The van der Waals surface area contributed by atoms with Crippen LogP contribution in [0.1, 0.15) is 26.3 Å². The minimum atomic E-state index is 0.278. The average Bonchev–Trinajstić information content (AvgIpc) is 2.31. The van der Waals surface area contributed by atoms with Crippen LogP contribution >= 0.6 is 11.8 Å². The molecule has 0 bridgehead atoms. The Morgan fingerprint density at radius 3 is 2.65 bits per heavy atom. The summed E-state index contributed by atoms with van der Waals surface area (Å²) in [7, 11) is 0. The summed E-state index contributed by atoms with van der Waals surface area (Å²) < 4.78 is 5.88. The smallest absolute Gasteiger partial charge is 0.123 e. The van der Waals surface area contributed by atoms with E-state index in [9.17, 15) is 0 Å². The van der Waals surface area contributed by atoms with Crippen LogP contribution in [0.25, 0.3) is 0 Å². The molecule has 0 heterocycles. The second-order valence-electron chi connectivity index (χ2n) is 4.61. The Labute approximate surface area is 109 Å². The van der Waals surface area contributed by atoms with Crippen molar-refractivity contribution in [1.29, 1.82) is 0 Å². The number of nitrogens with one attached hydrogen (secondary N) is 1. The summed E-state index contributed by atoms with van der Waals surface area (Å²) in [5.74, 6) is 0.990. The summed E-state index contributed by atoms with van der Waals surface area (Å²) in [5.41, 5.74) is 1.23. The lowest BCUT2D eigenvalue weighted by Gasteiger charge is -2.22. The molecular formula is C14H23NOS. The van der Waals surface area contributed by atoms with Crippen LogP contribution < -0.4 is 10.1 Å². The average molecular weight is 253 g/mol. The summed E-state index contributed by atoms with van der Waals surface area (Å²) in [6.45, 7) is 9.08. The van der Waals surface area contributed by atoms with E-state index in [1.807, 2.05) is 30.8 Å². The van der Waals surface area contributed by atoms with Gasteiger partial charge in [-0.3, -0.25) is 0 Å². The molecule has 0 aliphatic rings. The summed E-state index contributed by atoms with van der Waals surface area (Å²) in [5, 5.41) is 3.49. The van der Waals surface area contributed by atoms with Gasteiger partial charge in [0, 0.05) is 23.4 Å². The van der Waals surface area contributed by atoms with Gasteiger partial charge < -0.3 is 10.1 Å². The summed E-state index contributed by atoms with van der Waals surface area (Å²) >= 11 is 1.88. The fourth-order valence-corrected chi connectivity index (χ4v) is 1.76. The highest BCUT2D eigenvalue weighted by Gasteiger charge is 2.15. The van der Waals surface area contributed by atoms with Crippen molar-refractivity contribution >= 4 is 11.8 Å². The summed E-state index contributed by atoms with van der Waals surface area (Å²) in [4.78, 5) is 0. The van der Waals surface area contributed by atoms with Gasteiger partial charge in [0.05, 0.1) is 6.61 Å². The monoisotopic (exact) mass is 253 g/mol. The lowest BCUT2D eigenvalue weighted by atomic mass is 10.1.